The highest BCUT2D eigenvalue weighted by Gasteiger charge is 2.35. The third-order valence-corrected chi connectivity index (χ3v) is 6.31. The van der Waals surface area contributed by atoms with Crippen LogP contribution in [0, 0.1) is 0 Å². The molecule has 4 rings (SSSR count). The van der Waals surface area contributed by atoms with Gasteiger partial charge >= 0.3 is 6.03 Å². The van der Waals surface area contributed by atoms with E-state index in [2.05, 4.69) is 21.2 Å². The van der Waals surface area contributed by atoms with E-state index < -0.39 is 17.8 Å². The molecule has 0 aromatic heterocycles. The molecule has 0 saturated carbocycles. The predicted molar refractivity (Wildman–Crippen MR) is 150 cm³/mol. The highest BCUT2D eigenvalue weighted by atomic mass is 79.9. The van der Waals surface area contributed by atoms with Crippen molar-refractivity contribution in [2.24, 2.45) is 0 Å². The van der Waals surface area contributed by atoms with Gasteiger partial charge in [-0.25, -0.2) is 4.79 Å². The van der Waals surface area contributed by atoms with Crippen LogP contribution in [0.2, 0.25) is 0 Å². The first kappa shape index (κ1) is 27.9. The van der Waals surface area contributed by atoms with Gasteiger partial charge in [-0.3, -0.25) is 19.8 Å². The molecule has 1 aliphatic heterocycles. The van der Waals surface area contributed by atoms with Crippen molar-refractivity contribution in [3.63, 3.8) is 0 Å². The highest BCUT2D eigenvalue weighted by molar-refractivity contribution is 9.10. The van der Waals surface area contributed by atoms with Crippen LogP contribution in [0.25, 0.3) is 6.08 Å². The fourth-order valence-corrected chi connectivity index (χ4v) is 4.14. The van der Waals surface area contributed by atoms with Gasteiger partial charge in [0.1, 0.15) is 17.9 Å². The number of imide groups is 2. The number of hydrogen-bond donors (Lipinski definition) is 1. The zero-order valence-electron chi connectivity index (χ0n) is 21.7. The molecule has 0 unspecified atom stereocenters. The van der Waals surface area contributed by atoms with Gasteiger partial charge in [-0.2, -0.15) is 0 Å². The SMILES string of the molecule is CCCOc1ccc(CN2C(=O)NC(=O)/C(=C/c3cccc(OCc4ccc(Br)cc4)c3)C2=O)cc1OCC. The van der Waals surface area contributed by atoms with E-state index in [0.29, 0.717) is 48.2 Å². The lowest BCUT2D eigenvalue weighted by molar-refractivity contribution is -0.130. The lowest BCUT2D eigenvalue weighted by Gasteiger charge is -2.26. The molecule has 3 aromatic rings. The first-order valence-corrected chi connectivity index (χ1v) is 13.4. The van der Waals surface area contributed by atoms with Gasteiger partial charge in [-0.05, 0) is 72.5 Å². The molecule has 0 spiro atoms. The molecule has 1 fully saturated rings. The van der Waals surface area contributed by atoms with E-state index in [0.717, 1.165) is 21.4 Å². The van der Waals surface area contributed by atoms with Crippen molar-refractivity contribution >= 4 is 39.9 Å². The Balaban J connectivity index is 1.51. The number of carbonyl (C=O) groups is 3. The Kier molecular flexibility index (Phi) is 9.38. The minimum absolute atomic E-state index is 0.0419. The average Bonchev–Trinajstić information content (AvgIpc) is 2.93. The second-order valence-electron chi connectivity index (χ2n) is 8.76. The molecule has 202 valence electrons. The third kappa shape index (κ3) is 7.26. The van der Waals surface area contributed by atoms with Crippen LogP contribution in [0.5, 0.6) is 17.2 Å². The summed E-state index contributed by atoms with van der Waals surface area (Å²) >= 11 is 3.41. The quantitative estimate of drug-likeness (QED) is 0.221. The molecular formula is C30H29BrN2O6. The maximum absolute atomic E-state index is 13.3. The molecule has 39 heavy (non-hydrogen) atoms. The van der Waals surface area contributed by atoms with E-state index in [-0.39, 0.29) is 12.1 Å². The van der Waals surface area contributed by atoms with E-state index in [1.54, 1.807) is 42.5 Å². The Hall–Kier alpha value is -4.11. The molecule has 1 saturated heterocycles. The first-order chi connectivity index (χ1) is 18.9. The van der Waals surface area contributed by atoms with Crippen LogP contribution < -0.4 is 19.5 Å². The van der Waals surface area contributed by atoms with E-state index in [1.165, 1.54) is 6.08 Å². The smallest absolute Gasteiger partial charge is 0.331 e. The number of rotatable bonds is 11. The van der Waals surface area contributed by atoms with Gasteiger partial charge < -0.3 is 14.2 Å². The summed E-state index contributed by atoms with van der Waals surface area (Å²) in [6.07, 6.45) is 2.30. The van der Waals surface area contributed by atoms with Crippen molar-refractivity contribution in [3.05, 3.63) is 93.5 Å². The van der Waals surface area contributed by atoms with Gasteiger partial charge in [-0.1, -0.05) is 53.2 Å². The monoisotopic (exact) mass is 592 g/mol. The van der Waals surface area contributed by atoms with E-state index >= 15 is 0 Å². The number of nitrogens with one attached hydrogen (secondary N) is 1. The average molecular weight is 593 g/mol. The van der Waals surface area contributed by atoms with Gasteiger partial charge in [0.2, 0.25) is 0 Å². The Labute approximate surface area is 235 Å². The van der Waals surface area contributed by atoms with Gasteiger partial charge in [0.05, 0.1) is 19.8 Å². The number of amides is 4. The fraction of sp³-hybridized carbons (Fsp3) is 0.233. The van der Waals surface area contributed by atoms with Gasteiger partial charge in [-0.15, -0.1) is 0 Å². The minimum atomic E-state index is -0.780. The number of halogens is 1. The highest BCUT2D eigenvalue weighted by Crippen LogP contribution is 2.30. The summed E-state index contributed by atoms with van der Waals surface area (Å²) in [4.78, 5) is 39.5. The molecule has 9 heteroatoms. The number of hydrogen-bond acceptors (Lipinski definition) is 6. The lowest BCUT2D eigenvalue weighted by atomic mass is 10.1. The Morgan fingerprint density at radius 2 is 1.64 bits per heavy atom. The summed E-state index contributed by atoms with van der Waals surface area (Å²) in [6, 6.07) is 19.3. The summed E-state index contributed by atoms with van der Waals surface area (Å²) in [5.41, 5.74) is 2.10. The van der Waals surface area contributed by atoms with Crippen LogP contribution in [-0.4, -0.2) is 36.0 Å². The van der Waals surface area contributed by atoms with Crippen LogP contribution in [0.4, 0.5) is 4.79 Å². The molecule has 0 radical (unpaired) electrons. The van der Waals surface area contributed by atoms with Crippen molar-refractivity contribution in [1.29, 1.82) is 0 Å². The van der Waals surface area contributed by atoms with Crippen LogP contribution in [0.3, 0.4) is 0 Å². The molecule has 8 nitrogen and oxygen atoms in total. The summed E-state index contributed by atoms with van der Waals surface area (Å²) in [7, 11) is 0. The van der Waals surface area contributed by atoms with Crippen molar-refractivity contribution in [2.75, 3.05) is 13.2 Å². The normalized spacial score (nSPS) is 14.4. The number of ether oxygens (including phenoxy) is 3. The number of nitrogens with zero attached hydrogens (tertiary/aromatic N) is 1. The minimum Gasteiger partial charge on any atom is -0.490 e. The van der Waals surface area contributed by atoms with E-state index in [1.807, 2.05) is 38.1 Å². The molecule has 0 aliphatic carbocycles. The maximum atomic E-state index is 13.3. The second kappa shape index (κ2) is 13.1. The Morgan fingerprint density at radius 1 is 0.872 bits per heavy atom. The number of barbiturate groups is 1. The van der Waals surface area contributed by atoms with Gasteiger partial charge in [0.15, 0.2) is 11.5 Å². The van der Waals surface area contributed by atoms with Crippen molar-refractivity contribution < 1.29 is 28.6 Å². The standard InChI is InChI=1S/C30H29BrN2O6/c1-3-14-38-26-13-10-22(17-27(26)37-4-2)18-33-29(35)25(28(34)32-30(33)36)16-21-6-5-7-24(15-21)39-19-20-8-11-23(31)12-9-20/h5-13,15-17H,3-4,14,18-19H2,1-2H3,(H,32,34,36)/b25-16-. The molecule has 3 aromatic carbocycles. The zero-order chi connectivity index (χ0) is 27.8. The molecule has 1 aliphatic rings. The van der Waals surface area contributed by atoms with Gasteiger partial charge in [0.25, 0.3) is 11.8 Å². The second-order valence-corrected chi connectivity index (χ2v) is 9.67. The molecule has 0 bridgehead atoms. The fourth-order valence-electron chi connectivity index (χ4n) is 3.88. The molecule has 0 atom stereocenters. The molecule has 1 heterocycles. The molecule has 1 N–H and O–H groups in total. The Bertz CT molecular complexity index is 1390. The first-order valence-electron chi connectivity index (χ1n) is 12.6. The number of carbonyl (C=O) groups excluding carboxylic acids is 3. The van der Waals surface area contributed by atoms with Gasteiger partial charge in [0, 0.05) is 4.47 Å². The molecular weight excluding hydrogens is 564 g/mol. The lowest BCUT2D eigenvalue weighted by Crippen LogP contribution is -2.53. The van der Waals surface area contributed by atoms with Crippen LogP contribution >= 0.6 is 15.9 Å². The van der Waals surface area contributed by atoms with Crippen LogP contribution in [0.1, 0.15) is 37.0 Å². The Morgan fingerprint density at radius 3 is 2.38 bits per heavy atom. The summed E-state index contributed by atoms with van der Waals surface area (Å²) < 4.78 is 18.3. The van der Waals surface area contributed by atoms with Crippen molar-refractivity contribution in [2.45, 2.75) is 33.4 Å². The van der Waals surface area contributed by atoms with E-state index in [4.69, 9.17) is 14.2 Å². The van der Waals surface area contributed by atoms with Crippen LogP contribution in [-0.2, 0) is 22.7 Å². The number of benzene rings is 3. The summed E-state index contributed by atoms with van der Waals surface area (Å²) in [6.45, 7) is 5.17. The van der Waals surface area contributed by atoms with E-state index in [9.17, 15) is 14.4 Å². The van der Waals surface area contributed by atoms with Crippen molar-refractivity contribution in [3.8, 4) is 17.2 Å². The van der Waals surface area contributed by atoms with Crippen LogP contribution in [0.15, 0.2) is 76.8 Å². The maximum Gasteiger partial charge on any atom is 0.331 e. The molecule has 4 amide bonds. The summed E-state index contributed by atoms with van der Waals surface area (Å²) in [5, 5.41) is 2.26. The predicted octanol–water partition coefficient (Wildman–Crippen LogP) is 5.88. The van der Waals surface area contributed by atoms with Crippen molar-refractivity contribution in [1.82, 2.24) is 10.2 Å². The largest absolute Gasteiger partial charge is 0.490 e. The third-order valence-electron chi connectivity index (χ3n) is 5.78. The zero-order valence-corrected chi connectivity index (χ0v) is 23.3. The number of urea groups is 1. The summed E-state index contributed by atoms with van der Waals surface area (Å²) in [5.74, 6) is 0.266. The topological polar surface area (TPSA) is 94.2 Å².